The largest absolute Gasteiger partial charge is 0.490 e. The Morgan fingerprint density at radius 3 is 2.36 bits per heavy atom. The quantitative estimate of drug-likeness (QED) is 0.315. The van der Waals surface area contributed by atoms with Crippen LogP contribution in [0.3, 0.4) is 0 Å². The van der Waals surface area contributed by atoms with Gasteiger partial charge >= 0.3 is 5.97 Å². The van der Waals surface area contributed by atoms with Crippen molar-refractivity contribution in [3.63, 3.8) is 0 Å². The number of ether oxygens (including phenoxy) is 2. The Morgan fingerprint density at radius 2 is 1.61 bits per heavy atom. The second kappa shape index (κ2) is 9.62. The van der Waals surface area contributed by atoms with Gasteiger partial charge in [-0.05, 0) is 41.5 Å². The van der Waals surface area contributed by atoms with E-state index in [0.717, 1.165) is 5.56 Å². The summed E-state index contributed by atoms with van der Waals surface area (Å²) in [5, 5.41) is 10.1. The van der Waals surface area contributed by atoms with E-state index in [1.807, 2.05) is 48.5 Å². The first-order valence-electron chi connectivity index (χ1n) is 8.74. The van der Waals surface area contributed by atoms with Crippen LogP contribution in [0, 0.1) is 0 Å². The van der Waals surface area contributed by atoms with Crippen molar-refractivity contribution in [2.45, 2.75) is 0 Å². The Hall–Kier alpha value is -3.24. The number of carbonyl (C=O) groups is 1. The van der Waals surface area contributed by atoms with E-state index in [0.29, 0.717) is 35.3 Å². The summed E-state index contributed by atoms with van der Waals surface area (Å²) in [6, 6.07) is 23.5. The summed E-state index contributed by atoms with van der Waals surface area (Å²) in [5.41, 5.74) is 1.61. The molecule has 5 heteroatoms. The number of benzene rings is 3. The molecule has 0 aliphatic rings. The molecule has 0 spiro atoms. The minimum absolute atomic E-state index is 0.222. The van der Waals surface area contributed by atoms with E-state index in [1.165, 1.54) is 0 Å². The molecule has 0 saturated heterocycles. The summed E-state index contributed by atoms with van der Waals surface area (Å²) in [4.78, 5) is 11.6. The number of halogens is 1. The van der Waals surface area contributed by atoms with Crippen LogP contribution in [0.15, 0.2) is 78.9 Å². The van der Waals surface area contributed by atoms with Crippen LogP contribution < -0.4 is 9.47 Å². The van der Waals surface area contributed by atoms with Crippen molar-refractivity contribution in [1.29, 1.82) is 0 Å². The molecule has 0 saturated carbocycles. The Labute approximate surface area is 168 Å². The van der Waals surface area contributed by atoms with Crippen molar-refractivity contribution < 1.29 is 19.4 Å². The second-order valence-electron chi connectivity index (χ2n) is 5.93. The average molecular weight is 395 g/mol. The van der Waals surface area contributed by atoms with Gasteiger partial charge in [-0.2, -0.15) is 0 Å². The lowest BCUT2D eigenvalue weighted by atomic mass is 10.0. The molecular weight excluding hydrogens is 376 g/mol. The normalized spacial score (nSPS) is 11.1. The predicted octanol–water partition coefficient (Wildman–Crippen LogP) is 5.42. The third kappa shape index (κ3) is 5.38. The molecule has 3 aromatic carbocycles. The topological polar surface area (TPSA) is 55.8 Å². The van der Waals surface area contributed by atoms with Crippen molar-refractivity contribution in [2.75, 3.05) is 13.2 Å². The minimum Gasteiger partial charge on any atom is -0.490 e. The molecule has 3 rings (SSSR count). The highest BCUT2D eigenvalue weighted by Gasteiger charge is 2.10. The van der Waals surface area contributed by atoms with E-state index in [-0.39, 0.29) is 5.57 Å². The number of hydrogen-bond donors (Lipinski definition) is 1. The molecule has 0 radical (unpaired) electrons. The van der Waals surface area contributed by atoms with Gasteiger partial charge < -0.3 is 14.6 Å². The number of aliphatic carboxylic acids is 1. The lowest BCUT2D eigenvalue weighted by molar-refractivity contribution is -0.130. The molecule has 0 aliphatic carbocycles. The van der Waals surface area contributed by atoms with E-state index in [9.17, 15) is 9.90 Å². The van der Waals surface area contributed by atoms with E-state index < -0.39 is 5.97 Å². The highest BCUT2D eigenvalue weighted by Crippen LogP contribution is 2.23. The third-order valence-corrected chi connectivity index (χ3v) is 4.24. The van der Waals surface area contributed by atoms with Crippen LogP contribution in [0.4, 0.5) is 0 Å². The summed E-state index contributed by atoms with van der Waals surface area (Å²) in [6.07, 6.45) is 1.63. The molecule has 28 heavy (non-hydrogen) atoms. The van der Waals surface area contributed by atoms with Crippen LogP contribution in [0.1, 0.15) is 11.1 Å². The number of para-hydroxylation sites is 1. The Bertz CT molecular complexity index is 967. The molecule has 4 nitrogen and oxygen atoms in total. The van der Waals surface area contributed by atoms with Crippen LogP contribution >= 0.6 is 11.6 Å². The molecule has 0 aliphatic heterocycles. The zero-order valence-corrected chi connectivity index (χ0v) is 15.8. The molecule has 0 heterocycles. The Balaban J connectivity index is 1.65. The molecule has 0 unspecified atom stereocenters. The van der Waals surface area contributed by atoms with Gasteiger partial charge in [0.05, 0.1) is 10.6 Å². The van der Waals surface area contributed by atoms with Crippen molar-refractivity contribution in [3.05, 3.63) is 95.0 Å². The number of hydrogen-bond acceptors (Lipinski definition) is 3. The summed E-state index contributed by atoms with van der Waals surface area (Å²) >= 11 is 6.05. The Kier molecular flexibility index (Phi) is 6.71. The van der Waals surface area contributed by atoms with Gasteiger partial charge in [-0.3, -0.25) is 0 Å². The molecule has 0 fully saturated rings. The van der Waals surface area contributed by atoms with Gasteiger partial charge in [0, 0.05) is 0 Å². The van der Waals surface area contributed by atoms with Crippen LogP contribution in [0.2, 0.25) is 5.02 Å². The molecular formula is C23H19ClO4. The monoisotopic (exact) mass is 394 g/mol. The first-order chi connectivity index (χ1) is 13.6. The van der Waals surface area contributed by atoms with Gasteiger partial charge in [0.1, 0.15) is 24.7 Å². The van der Waals surface area contributed by atoms with Gasteiger partial charge in [0.2, 0.25) is 0 Å². The lowest BCUT2D eigenvalue weighted by Crippen LogP contribution is -2.09. The average Bonchev–Trinajstić information content (AvgIpc) is 2.71. The van der Waals surface area contributed by atoms with Gasteiger partial charge in [-0.25, -0.2) is 4.79 Å². The van der Waals surface area contributed by atoms with E-state index in [2.05, 4.69) is 0 Å². The maximum absolute atomic E-state index is 11.6. The zero-order chi connectivity index (χ0) is 19.8. The fourth-order valence-electron chi connectivity index (χ4n) is 2.62. The van der Waals surface area contributed by atoms with Crippen molar-refractivity contribution in [3.8, 4) is 11.5 Å². The third-order valence-electron chi connectivity index (χ3n) is 3.93. The SMILES string of the molecule is O=C(O)/C(=C/c1cccc(OCCOc2ccccc2Cl)c1)c1ccccc1. The maximum atomic E-state index is 11.6. The summed E-state index contributed by atoms with van der Waals surface area (Å²) in [6.45, 7) is 0.678. The van der Waals surface area contributed by atoms with Crippen molar-refractivity contribution >= 4 is 29.2 Å². The van der Waals surface area contributed by atoms with Crippen LogP contribution in [0.25, 0.3) is 11.6 Å². The molecule has 0 amide bonds. The van der Waals surface area contributed by atoms with E-state index >= 15 is 0 Å². The highest BCUT2D eigenvalue weighted by molar-refractivity contribution is 6.32. The van der Waals surface area contributed by atoms with Crippen molar-refractivity contribution in [1.82, 2.24) is 0 Å². The van der Waals surface area contributed by atoms with Crippen LogP contribution in [0.5, 0.6) is 11.5 Å². The first kappa shape index (κ1) is 19.5. The predicted molar refractivity (Wildman–Crippen MR) is 111 cm³/mol. The second-order valence-corrected chi connectivity index (χ2v) is 6.34. The number of rotatable bonds is 8. The fraction of sp³-hybridized carbons (Fsp3) is 0.0870. The standard InChI is InChI=1S/C23H19ClO4/c24-21-11-4-5-12-22(21)28-14-13-27-19-10-6-7-17(15-19)16-20(23(25)26)18-8-2-1-3-9-18/h1-12,15-16H,13-14H2,(H,25,26)/b20-16+. The molecule has 0 aromatic heterocycles. The van der Waals surface area contributed by atoms with Crippen molar-refractivity contribution in [2.24, 2.45) is 0 Å². The lowest BCUT2D eigenvalue weighted by Gasteiger charge is -2.10. The smallest absolute Gasteiger partial charge is 0.336 e. The first-order valence-corrected chi connectivity index (χ1v) is 9.12. The summed E-state index contributed by atoms with van der Waals surface area (Å²) < 4.78 is 11.3. The summed E-state index contributed by atoms with van der Waals surface area (Å²) in [5.74, 6) is 0.262. The summed E-state index contributed by atoms with van der Waals surface area (Å²) in [7, 11) is 0. The number of carboxylic acids is 1. The van der Waals surface area contributed by atoms with E-state index in [4.69, 9.17) is 21.1 Å². The van der Waals surface area contributed by atoms with Gasteiger partial charge in [0.15, 0.2) is 0 Å². The van der Waals surface area contributed by atoms with Crippen LogP contribution in [-0.4, -0.2) is 24.3 Å². The van der Waals surface area contributed by atoms with Gasteiger partial charge in [0.25, 0.3) is 0 Å². The zero-order valence-electron chi connectivity index (χ0n) is 15.0. The molecule has 0 atom stereocenters. The fourth-order valence-corrected chi connectivity index (χ4v) is 2.81. The van der Waals surface area contributed by atoms with Gasteiger partial charge in [-0.1, -0.05) is 66.2 Å². The maximum Gasteiger partial charge on any atom is 0.336 e. The minimum atomic E-state index is -0.981. The molecule has 0 bridgehead atoms. The Morgan fingerprint density at radius 1 is 0.893 bits per heavy atom. The molecule has 142 valence electrons. The molecule has 3 aromatic rings. The van der Waals surface area contributed by atoms with Crippen LogP contribution in [-0.2, 0) is 4.79 Å². The number of carboxylic acid groups (broad SMARTS) is 1. The molecule has 1 N–H and O–H groups in total. The van der Waals surface area contributed by atoms with Gasteiger partial charge in [-0.15, -0.1) is 0 Å². The highest BCUT2D eigenvalue weighted by atomic mass is 35.5. The van der Waals surface area contributed by atoms with E-state index in [1.54, 1.807) is 36.4 Å².